The van der Waals surface area contributed by atoms with Gasteiger partial charge in [-0.05, 0) is 38.6 Å². The summed E-state index contributed by atoms with van der Waals surface area (Å²) in [5.41, 5.74) is 0. The maximum atomic E-state index is 12.1. The molecule has 3 unspecified atom stereocenters. The summed E-state index contributed by atoms with van der Waals surface area (Å²) in [5.74, 6) is 0.849. The number of carbonyl (C=O) groups excluding carboxylic acids is 2. The molecule has 3 atom stereocenters. The number of hydrogen-bond donors (Lipinski definition) is 2. The molecule has 2 fully saturated rings. The zero-order valence-electron chi connectivity index (χ0n) is 12.7. The molecule has 0 aliphatic carbocycles. The van der Waals surface area contributed by atoms with Crippen LogP contribution in [0.4, 0.5) is 0 Å². The van der Waals surface area contributed by atoms with Crippen molar-refractivity contribution < 1.29 is 9.59 Å². The van der Waals surface area contributed by atoms with Crippen LogP contribution < -0.4 is 10.6 Å². The monoisotopic (exact) mass is 281 g/mol. The Morgan fingerprint density at radius 3 is 2.95 bits per heavy atom. The molecular formula is C15H27N3O2. The van der Waals surface area contributed by atoms with E-state index in [-0.39, 0.29) is 17.7 Å². The van der Waals surface area contributed by atoms with E-state index in [0.29, 0.717) is 32.0 Å². The van der Waals surface area contributed by atoms with Crippen LogP contribution in [-0.4, -0.2) is 48.9 Å². The van der Waals surface area contributed by atoms with E-state index in [1.54, 1.807) is 0 Å². The van der Waals surface area contributed by atoms with Crippen LogP contribution in [0.15, 0.2) is 0 Å². The third-order valence-corrected chi connectivity index (χ3v) is 4.52. The Hall–Kier alpha value is -1.10. The molecule has 5 heteroatoms. The van der Waals surface area contributed by atoms with Gasteiger partial charge in [-0.25, -0.2) is 0 Å². The summed E-state index contributed by atoms with van der Waals surface area (Å²) in [6, 6.07) is 0.389. The second-order valence-corrected chi connectivity index (χ2v) is 6.38. The van der Waals surface area contributed by atoms with Crippen molar-refractivity contribution in [2.75, 3.05) is 26.2 Å². The number of nitrogens with one attached hydrogen (secondary N) is 2. The van der Waals surface area contributed by atoms with Crippen LogP contribution in [0.2, 0.25) is 0 Å². The average Bonchev–Trinajstić information content (AvgIpc) is 2.45. The van der Waals surface area contributed by atoms with Crippen LogP contribution in [0, 0.1) is 11.8 Å². The molecule has 2 aliphatic heterocycles. The summed E-state index contributed by atoms with van der Waals surface area (Å²) in [6.45, 7) is 7.94. The molecule has 2 heterocycles. The Balaban J connectivity index is 1.71. The molecule has 0 bridgehead atoms. The van der Waals surface area contributed by atoms with Crippen molar-refractivity contribution in [3.63, 3.8) is 0 Å². The Labute approximate surface area is 121 Å². The fourth-order valence-corrected chi connectivity index (χ4v) is 3.10. The molecule has 0 aromatic rings. The summed E-state index contributed by atoms with van der Waals surface area (Å²) >= 11 is 0. The van der Waals surface area contributed by atoms with Gasteiger partial charge < -0.3 is 10.6 Å². The van der Waals surface area contributed by atoms with Crippen LogP contribution in [0.25, 0.3) is 0 Å². The van der Waals surface area contributed by atoms with Gasteiger partial charge in [-0.2, -0.15) is 0 Å². The van der Waals surface area contributed by atoms with Crippen molar-refractivity contribution >= 4 is 11.8 Å². The number of carbonyl (C=O) groups is 2. The van der Waals surface area contributed by atoms with E-state index in [2.05, 4.69) is 29.4 Å². The molecule has 5 nitrogen and oxygen atoms in total. The van der Waals surface area contributed by atoms with Crippen molar-refractivity contribution in [3.8, 4) is 0 Å². The van der Waals surface area contributed by atoms with Gasteiger partial charge in [-0.3, -0.25) is 14.5 Å². The van der Waals surface area contributed by atoms with E-state index < -0.39 is 0 Å². The smallest absolute Gasteiger partial charge is 0.224 e. The van der Waals surface area contributed by atoms with E-state index in [1.807, 2.05) is 0 Å². The highest BCUT2D eigenvalue weighted by Crippen LogP contribution is 2.17. The van der Waals surface area contributed by atoms with Crippen LogP contribution in [0.5, 0.6) is 0 Å². The molecule has 2 rings (SSSR count). The Morgan fingerprint density at radius 2 is 2.30 bits per heavy atom. The molecule has 0 radical (unpaired) electrons. The lowest BCUT2D eigenvalue weighted by Gasteiger charge is -2.35. The second kappa shape index (κ2) is 7.07. The van der Waals surface area contributed by atoms with E-state index in [1.165, 1.54) is 12.8 Å². The zero-order valence-corrected chi connectivity index (χ0v) is 12.7. The molecule has 114 valence electrons. The highest BCUT2D eigenvalue weighted by molar-refractivity contribution is 5.83. The van der Waals surface area contributed by atoms with E-state index in [9.17, 15) is 9.59 Å². The summed E-state index contributed by atoms with van der Waals surface area (Å²) in [5, 5.41) is 5.81. The van der Waals surface area contributed by atoms with Gasteiger partial charge in [0.2, 0.25) is 11.8 Å². The largest absolute Gasteiger partial charge is 0.355 e. The van der Waals surface area contributed by atoms with E-state index >= 15 is 0 Å². The summed E-state index contributed by atoms with van der Waals surface area (Å²) in [4.78, 5) is 25.6. The number of likely N-dealkylation sites (tertiary alicyclic amines) is 1. The fraction of sp³-hybridized carbons (Fsp3) is 0.867. The summed E-state index contributed by atoms with van der Waals surface area (Å²) < 4.78 is 0. The summed E-state index contributed by atoms with van der Waals surface area (Å²) in [7, 11) is 0. The van der Waals surface area contributed by atoms with Gasteiger partial charge in [-0.15, -0.1) is 0 Å². The minimum Gasteiger partial charge on any atom is -0.355 e. The number of rotatable bonds is 4. The molecule has 0 aromatic carbocycles. The molecule has 2 saturated heterocycles. The predicted octanol–water partition coefficient (Wildman–Crippen LogP) is 0.749. The third kappa shape index (κ3) is 4.20. The molecule has 0 saturated carbocycles. The van der Waals surface area contributed by atoms with Gasteiger partial charge in [0.1, 0.15) is 0 Å². The first-order valence-electron chi connectivity index (χ1n) is 7.84. The van der Waals surface area contributed by atoms with Crippen LogP contribution in [0.3, 0.4) is 0 Å². The topological polar surface area (TPSA) is 61.4 Å². The summed E-state index contributed by atoms with van der Waals surface area (Å²) in [6.07, 6.45) is 3.72. The van der Waals surface area contributed by atoms with Crippen LogP contribution in [-0.2, 0) is 9.59 Å². The quantitative estimate of drug-likeness (QED) is 0.799. The molecule has 2 aliphatic rings. The molecule has 0 aromatic heterocycles. The Bertz CT molecular complexity index is 349. The van der Waals surface area contributed by atoms with Gasteiger partial charge in [0.25, 0.3) is 0 Å². The number of amides is 2. The molecule has 2 N–H and O–H groups in total. The Kier molecular flexibility index (Phi) is 5.40. The lowest BCUT2D eigenvalue weighted by atomic mass is 9.97. The predicted molar refractivity (Wildman–Crippen MR) is 78.2 cm³/mol. The Morgan fingerprint density at radius 1 is 1.50 bits per heavy atom. The van der Waals surface area contributed by atoms with Crippen molar-refractivity contribution in [1.82, 2.24) is 15.5 Å². The maximum absolute atomic E-state index is 12.1. The normalized spacial score (nSPS) is 29.6. The van der Waals surface area contributed by atoms with Gasteiger partial charge in [-0.1, -0.05) is 6.92 Å². The minimum atomic E-state index is -0.0554. The number of hydrogen-bond acceptors (Lipinski definition) is 3. The van der Waals surface area contributed by atoms with Crippen LogP contribution in [0.1, 0.15) is 39.5 Å². The molecule has 0 spiro atoms. The van der Waals surface area contributed by atoms with E-state index in [0.717, 1.165) is 19.0 Å². The average molecular weight is 281 g/mol. The molecule has 2 amide bonds. The van der Waals surface area contributed by atoms with Gasteiger partial charge in [0, 0.05) is 32.1 Å². The van der Waals surface area contributed by atoms with Crippen molar-refractivity contribution in [2.24, 2.45) is 11.8 Å². The first-order chi connectivity index (χ1) is 9.56. The first-order valence-corrected chi connectivity index (χ1v) is 7.84. The highest BCUT2D eigenvalue weighted by atomic mass is 16.2. The highest BCUT2D eigenvalue weighted by Gasteiger charge is 2.26. The lowest BCUT2D eigenvalue weighted by Crippen LogP contribution is -2.49. The molecule has 20 heavy (non-hydrogen) atoms. The van der Waals surface area contributed by atoms with Crippen molar-refractivity contribution in [3.05, 3.63) is 0 Å². The minimum absolute atomic E-state index is 0.0554. The third-order valence-electron chi connectivity index (χ3n) is 4.52. The second-order valence-electron chi connectivity index (χ2n) is 6.38. The number of piperidine rings is 2. The maximum Gasteiger partial charge on any atom is 0.224 e. The van der Waals surface area contributed by atoms with E-state index in [4.69, 9.17) is 0 Å². The van der Waals surface area contributed by atoms with Gasteiger partial charge in [0.15, 0.2) is 0 Å². The van der Waals surface area contributed by atoms with Gasteiger partial charge in [0.05, 0.1) is 5.92 Å². The zero-order chi connectivity index (χ0) is 14.5. The lowest BCUT2D eigenvalue weighted by molar-refractivity contribution is -0.129. The fourth-order valence-electron chi connectivity index (χ4n) is 3.10. The molecular weight excluding hydrogens is 254 g/mol. The number of nitrogens with zero attached hydrogens (tertiary/aromatic N) is 1. The first kappa shape index (κ1) is 15.3. The van der Waals surface area contributed by atoms with Crippen molar-refractivity contribution in [1.29, 1.82) is 0 Å². The van der Waals surface area contributed by atoms with Crippen molar-refractivity contribution in [2.45, 2.75) is 45.6 Å². The van der Waals surface area contributed by atoms with Gasteiger partial charge >= 0.3 is 0 Å². The standard InChI is InChI=1S/C15H27N3O2/c1-11-4-3-7-18(10-11)12(2)8-17-15(20)13-5-6-14(19)16-9-13/h11-13H,3-10H2,1-2H3,(H,16,19)(H,17,20). The van der Waals surface area contributed by atoms with Crippen LogP contribution >= 0.6 is 0 Å². The SMILES string of the molecule is CC1CCCN(C(C)CNC(=O)C2CCC(=O)NC2)C1.